The van der Waals surface area contributed by atoms with E-state index in [2.05, 4.69) is 15.0 Å². The SMILES string of the molecule is OC1CCN(Cc2noc(-c3ccccc3Cl)n2)C1. The molecule has 1 atom stereocenters. The molecule has 2 aromatic rings. The first-order valence-corrected chi connectivity index (χ1v) is 6.58. The van der Waals surface area contributed by atoms with Gasteiger partial charge in [0.2, 0.25) is 0 Å². The molecule has 1 aliphatic heterocycles. The predicted molar refractivity (Wildman–Crippen MR) is 70.6 cm³/mol. The Hall–Kier alpha value is -1.43. The summed E-state index contributed by atoms with van der Waals surface area (Å²) >= 11 is 6.09. The molecule has 100 valence electrons. The van der Waals surface area contributed by atoms with Gasteiger partial charge in [0.25, 0.3) is 5.89 Å². The van der Waals surface area contributed by atoms with Crippen LogP contribution in [0.25, 0.3) is 11.5 Å². The van der Waals surface area contributed by atoms with Crippen molar-refractivity contribution in [2.45, 2.75) is 19.1 Å². The molecule has 0 bridgehead atoms. The van der Waals surface area contributed by atoms with Crippen LogP contribution in [-0.2, 0) is 6.54 Å². The zero-order valence-corrected chi connectivity index (χ0v) is 11.0. The fourth-order valence-electron chi connectivity index (χ4n) is 2.22. The van der Waals surface area contributed by atoms with Crippen molar-refractivity contribution < 1.29 is 9.63 Å². The molecule has 6 heteroatoms. The molecular formula is C13H14ClN3O2. The molecule has 0 radical (unpaired) electrons. The van der Waals surface area contributed by atoms with Crippen molar-refractivity contribution in [2.24, 2.45) is 0 Å². The molecule has 1 fully saturated rings. The standard InChI is InChI=1S/C13H14ClN3O2/c14-11-4-2-1-3-10(11)13-15-12(16-19-13)8-17-6-5-9(18)7-17/h1-4,9,18H,5-8H2. The van der Waals surface area contributed by atoms with Gasteiger partial charge in [-0.25, -0.2) is 0 Å². The van der Waals surface area contributed by atoms with Gasteiger partial charge in [-0.05, 0) is 18.6 Å². The molecule has 0 aliphatic carbocycles. The summed E-state index contributed by atoms with van der Waals surface area (Å²) in [4.78, 5) is 6.45. The number of aromatic nitrogens is 2. The average molecular weight is 280 g/mol. The lowest BCUT2D eigenvalue weighted by atomic mass is 10.2. The number of nitrogens with zero attached hydrogens (tertiary/aromatic N) is 3. The molecule has 1 aliphatic rings. The fraction of sp³-hybridized carbons (Fsp3) is 0.385. The monoisotopic (exact) mass is 279 g/mol. The van der Waals surface area contributed by atoms with Crippen LogP contribution in [0.2, 0.25) is 5.02 Å². The second-order valence-electron chi connectivity index (χ2n) is 4.67. The number of hydrogen-bond acceptors (Lipinski definition) is 5. The van der Waals surface area contributed by atoms with E-state index >= 15 is 0 Å². The summed E-state index contributed by atoms with van der Waals surface area (Å²) in [5.74, 6) is 1.05. The van der Waals surface area contributed by atoms with Crippen LogP contribution in [0.3, 0.4) is 0 Å². The number of aliphatic hydroxyl groups excluding tert-OH is 1. The third-order valence-electron chi connectivity index (χ3n) is 3.18. The number of halogens is 1. The molecule has 1 unspecified atom stereocenters. The van der Waals surface area contributed by atoms with E-state index in [0.29, 0.717) is 29.8 Å². The van der Waals surface area contributed by atoms with E-state index in [-0.39, 0.29) is 6.10 Å². The minimum atomic E-state index is -0.241. The molecule has 1 N–H and O–H groups in total. The lowest BCUT2D eigenvalue weighted by molar-refractivity contribution is 0.173. The zero-order chi connectivity index (χ0) is 13.2. The van der Waals surface area contributed by atoms with E-state index in [9.17, 15) is 5.11 Å². The summed E-state index contributed by atoms with van der Waals surface area (Å²) in [6.45, 7) is 2.11. The summed E-state index contributed by atoms with van der Waals surface area (Å²) in [7, 11) is 0. The maximum atomic E-state index is 9.47. The number of hydrogen-bond donors (Lipinski definition) is 1. The summed E-state index contributed by atoms with van der Waals surface area (Å²) in [5.41, 5.74) is 0.740. The van der Waals surface area contributed by atoms with Gasteiger partial charge in [0.1, 0.15) is 0 Å². The van der Waals surface area contributed by atoms with Gasteiger partial charge in [-0.3, -0.25) is 4.90 Å². The predicted octanol–water partition coefficient (Wildman–Crippen LogP) is 1.96. The fourth-order valence-corrected chi connectivity index (χ4v) is 2.43. The first kappa shape index (κ1) is 12.6. The second-order valence-corrected chi connectivity index (χ2v) is 5.08. The van der Waals surface area contributed by atoms with Crippen LogP contribution in [0.5, 0.6) is 0 Å². The van der Waals surface area contributed by atoms with Crippen LogP contribution in [0, 0.1) is 0 Å². The van der Waals surface area contributed by atoms with Crippen molar-refractivity contribution in [3.05, 3.63) is 35.1 Å². The second kappa shape index (κ2) is 5.28. The molecule has 0 spiro atoms. The Kier molecular flexibility index (Phi) is 3.50. The first-order valence-electron chi connectivity index (χ1n) is 6.20. The minimum Gasteiger partial charge on any atom is -0.392 e. The van der Waals surface area contributed by atoms with Crippen molar-refractivity contribution in [1.82, 2.24) is 15.0 Å². The summed E-state index contributed by atoms with van der Waals surface area (Å²) in [6, 6.07) is 7.37. The van der Waals surface area contributed by atoms with Gasteiger partial charge in [-0.1, -0.05) is 28.9 Å². The van der Waals surface area contributed by atoms with Crippen LogP contribution >= 0.6 is 11.6 Å². The Bertz CT molecular complexity index is 573. The van der Waals surface area contributed by atoms with Crippen molar-refractivity contribution in [2.75, 3.05) is 13.1 Å². The first-order chi connectivity index (χ1) is 9.22. The Morgan fingerprint density at radius 1 is 1.42 bits per heavy atom. The van der Waals surface area contributed by atoms with E-state index in [1.807, 2.05) is 18.2 Å². The largest absolute Gasteiger partial charge is 0.392 e. The Morgan fingerprint density at radius 3 is 3.00 bits per heavy atom. The van der Waals surface area contributed by atoms with Crippen LogP contribution in [-0.4, -0.2) is 39.3 Å². The molecule has 1 saturated heterocycles. The number of likely N-dealkylation sites (tertiary alicyclic amines) is 1. The van der Waals surface area contributed by atoms with E-state index in [1.54, 1.807) is 6.07 Å². The highest BCUT2D eigenvalue weighted by Crippen LogP contribution is 2.26. The minimum absolute atomic E-state index is 0.241. The summed E-state index contributed by atoms with van der Waals surface area (Å²) in [5, 5.41) is 14.0. The van der Waals surface area contributed by atoms with Gasteiger partial charge in [0, 0.05) is 13.1 Å². The van der Waals surface area contributed by atoms with Crippen LogP contribution in [0.15, 0.2) is 28.8 Å². The van der Waals surface area contributed by atoms with Crippen molar-refractivity contribution in [1.29, 1.82) is 0 Å². The molecule has 5 nitrogen and oxygen atoms in total. The van der Waals surface area contributed by atoms with Crippen LogP contribution in [0.1, 0.15) is 12.2 Å². The molecule has 0 amide bonds. The van der Waals surface area contributed by atoms with Crippen molar-refractivity contribution in [3.63, 3.8) is 0 Å². The average Bonchev–Trinajstić information content (AvgIpc) is 3.00. The van der Waals surface area contributed by atoms with E-state index < -0.39 is 0 Å². The van der Waals surface area contributed by atoms with Gasteiger partial charge in [0.15, 0.2) is 5.82 Å². The van der Waals surface area contributed by atoms with Gasteiger partial charge in [0.05, 0.1) is 23.2 Å². The van der Waals surface area contributed by atoms with E-state index in [4.69, 9.17) is 16.1 Å². The van der Waals surface area contributed by atoms with Gasteiger partial charge < -0.3 is 9.63 Å². The van der Waals surface area contributed by atoms with Crippen molar-refractivity contribution in [3.8, 4) is 11.5 Å². The Labute approximate surface area is 115 Å². The maximum absolute atomic E-state index is 9.47. The quantitative estimate of drug-likeness (QED) is 0.930. The molecule has 1 aromatic carbocycles. The smallest absolute Gasteiger partial charge is 0.259 e. The molecule has 1 aromatic heterocycles. The molecule has 3 rings (SSSR count). The highest BCUT2D eigenvalue weighted by molar-refractivity contribution is 6.33. The highest BCUT2D eigenvalue weighted by Gasteiger charge is 2.22. The van der Waals surface area contributed by atoms with E-state index in [1.165, 1.54) is 0 Å². The van der Waals surface area contributed by atoms with Crippen LogP contribution < -0.4 is 0 Å². The summed E-state index contributed by atoms with van der Waals surface area (Å²) < 4.78 is 5.23. The molecule has 2 heterocycles. The van der Waals surface area contributed by atoms with Gasteiger partial charge in [-0.15, -0.1) is 0 Å². The lowest BCUT2D eigenvalue weighted by Gasteiger charge is -2.10. The third kappa shape index (κ3) is 2.78. The van der Waals surface area contributed by atoms with Gasteiger partial charge in [-0.2, -0.15) is 4.98 Å². The lowest BCUT2D eigenvalue weighted by Crippen LogP contribution is -2.22. The number of rotatable bonds is 3. The van der Waals surface area contributed by atoms with Crippen LogP contribution in [0.4, 0.5) is 0 Å². The Balaban J connectivity index is 1.75. The molecular weight excluding hydrogens is 266 g/mol. The molecule has 19 heavy (non-hydrogen) atoms. The highest BCUT2D eigenvalue weighted by atomic mass is 35.5. The van der Waals surface area contributed by atoms with E-state index in [0.717, 1.165) is 18.5 Å². The topological polar surface area (TPSA) is 62.4 Å². The van der Waals surface area contributed by atoms with Gasteiger partial charge >= 0.3 is 0 Å². The Morgan fingerprint density at radius 2 is 2.26 bits per heavy atom. The third-order valence-corrected chi connectivity index (χ3v) is 3.51. The maximum Gasteiger partial charge on any atom is 0.259 e. The normalized spacial score (nSPS) is 20.0. The zero-order valence-electron chi connectivity index (χ0n) is 10.3. The number of benzene rings is 1. The van der Waals surface area contributed by atoms with Crippen molar-refractivity contribution >= 4 is 11.6 Å². The summed E-state index contributed by atoms with van der Waals surface area (Å²) in [6.07, 6.45) is 0.560. The number of aliphatic hydroxyl groups is 1. The molecule has 0 saturated carbocycles. The number of β-amino-alcohol motifs (C(OH)–C–C–N with tert-alkyl or cyclic N) is 1.